The average Bonchev–Trinajstić information content (AvgIpc) is 2.52. The van der Waals surface area contributed by atoms with Gasteiger partial charge in [0, 0.05) is 25.3 Å². The monoisotopic (exact) mass is 334 g/mol. The van der Waals surface area contributed by atoms with E-state index in [2.05, 4.69) is 11.8 Å². The smallest absolute Gasteiger partial charge is 0.410 e. The summed E-state index contributed by atoms with van der Waals surface area (Å²) >= 11 is 0. The minimum atomic E-state index is -0.928. The molecule has 0 spiro atoms. The highest BCUT2D eigenvalue weighted by Crippen LogP contribution is 2.23. The largest absolute Gasteiger partial charge is 0.478 e. The molecule has 6 nitrogen and oxygen atoms in total. The first-order valence-corrected chi connectivity index (χ1v) is 8.29. The molecular weight excluding hydrogens is 308 g/mol. The molecule has 1 aliphatic rings. The topological polar surface area (TPSA) is 70.1 Å². The van der Waals surface area contributed by atoms with E-state index in [1.807, 2.05) is 32.9 Å². The van der Waals surface area contributed by atoms with Gasteiger partial charge in [0.15, 0.2) is 0 Å². The van der Waals surface area contributed by atoms with Crippen LogP contribution in [-0.2, 0) is 4.74 Å². The van der Waals surface area contributed by atoms with Crippen molar-refractivity contribution in [3.8, 4) is 0 Å². The van der Waals surface area contributed by atoms with Crippen molar-refractivity contribution in [3.05, 3.63) is 29.8 Å². The van der Waals surface area contributed by atoms with Crippen molar-refractivity contribution in [3.63, 3.8) is 0 Å². The van der Waals surface area contributed by atoms with Crippen LogP contribution in [0.5, 0.6) is 0 Å². The summed E-state index contributed by atoms with van der Waals surface area (Å²) in [6, 6.07) is 6.93. The van der Waals surface area contributed by atoms with Gasteiger partial charge in [0.2, 0.25) is 0 Å². The molecule has 1 amide bonds. The summed E-state index contributed by atoms with van der Waals surface area (Å²) in [5, 5.41) is 8.98. The fourth-order valence-corrected chi connectivity index (χ4v) is 2.81. The van der Waals surface area contributed by atoms with Gasteiger partial charge >= 0.3 is 12.1 Å². The van der Waals surface area contributed by atoms with E-state index in [1.54, 1.807) is 17.0 Å². The third-order valence-electron chi connectivity index (χ3n) is 4.06. The Hall–Kier alpha value is -2.24. The van der Waals surface area contributed by atoms with Crippen molar-refractivity contribution in [1.29, 1.82) is 0 Å². The second-order valence-electron chi connectivity index (χ2n) is 7.03. The molecule has 6 heteroatoms. The Balaban J connectivity index is 2.06. The Morgan fingerprint density at radius 3 is 2.33 bits per heavy atom. The van der Waals surface area contributed by atoms with Crippen molar-refractivity contribution < 1.29 is 19.4 Å². The summed E-state index contributed by atoms with van der Waals surface area (Å²) in [7, 11) is 0. The Morgan fingerprint density at radius 1 is 1.21 bits per heavy atom. The first-order valence-electron chi connectivity index (χ1n) is 8.29. The zero-order chi connectivity index (χ0) is 17.9. The highest BCUT2D eigenvalue weighted by Gasteiger charge is 2.32. The number of carboxylic acids is 1. The molecule has 1 aromatic carbocycles. The predicted octanol–water partition coefficient (Wildman–Crippen LogP) is 3.22. The summed E-state index contributed by atoms with van der Waals surface area (Å²) in [4.78, 5) is 27.3. The lowest BCUT2D eigenvalue weighted by Gasteiger charge is -2.42. The fraction of sp³-hybridized carbons (Fsp3) is 0.556. The number of rotatable bonds is 3. The van der Waals surface area contributed by atoms with Gasteiger partial charge in [-0.25, -0.2) is 9.59 Å². The molecule has 0 saturated carbocycles. The summed E-state index contributed by atoms with van der Waals surface area (Å²) < 4.78 is 5.50. The second-order valence-corrected chi connectivity index (χ2v) is 7.03. The maximum atomic E-state index is 12.4. The van der Waals surface area contributed by atoms with Gasteiger partial charge < -0.3 is 19.6 Å². The number of ether oxygens (including phenoxy) is 1. The van der Waals surface area contributed by atoms with E-state index in [0.29, 0.717) is 19.6 Å². The fourth-order valence-electron chi connectivity index (χ4n) is 2.81. The van der Waals surface area contributed by atoms with Crippen LogP contribution in [0.1, 0.15) is 44.5 Å². The standard InChI is InChI=1S/C18H26N2O4/c1-5-14-12-19(15-8-6-13(7-9-15)16(21)22)10-11-20(14)17(23)24-18(2,3)4/h6-9,14H,5,10-12H2,1-4H3,(H,21,22)/t14-/m1/s1. The number of nitrogens with zero attached hydrogens (tertiary/aromatic N) is 2. The molecule has 0 radical (unpaired) electrons. The summed E-state index contributed by atoms with van der Waals surface area (Å²) in [5.41, 5.74) is 0.750. The number of carboxylic acid groups (broad SMARTS) is 1. The van der Waals surface area contributed by atoms with Crippen LogP contribution in [0, 0.1) is 0 Å². The van der Waals surface area contributed by atoms with E-state index in [4.69, 9.17) is 9.84 Å². The Bertz CT molecular complexity index is 592. The molecule has 0 aliphatic carbocycles. The molecule has 1 aliphatic heterocycles. The van der Waals surface area contributed by atoms with Crippen LogP contribution in [0.25, 0.3) is 0 Å². The molecule has 132 valence electrons. The number of amides is 1. The van der Waals surface area contributed by atoms with Crippen molar-refractivity contribution in [2.75, 3.05) is 24.5 Å². The van der Waals surface area contributed by atoms with Crippen molar-refractivity contribution in [1.82, 2.24) is 4.90 Å². The SMILES string of the molecule is CC[C@@H]1CN(c2ccc(C(=O)O)cc2)CCN1C(=O)OC(C)(C)C. The van der Waals surface area contributed by atoms with Crippen LogP contribution in [0.15, 0.2) is 24.3 Å². The zero-order valence-electron chi connectivity index (χ0n) is 14.8. The van der Waals surface area contributed by atoms with Crippen LogP contribution in [-0.4, -0.2) is 53.3 Å². The maximum absolute atomic E-state index is 12.4. The van der Waals surface area contributed by atoms with Crippen LogP contribution >= 0.6 is 0 Å². The van der Waals surface area contributed by atoms with E-state index in [1.165, 1.54) is 0 Å². The van der Waals surface area contributed by atoms with Crippen LogP contribution in [0.3, 0.4) is 0 Å². The van der Waals surface area contributed by atoms with Crippen LogP contribution in [0.4, 0.5) is 10.5 Å². The lowest BCUT2D eigenvalue weighted by atomic mass is 10.1. The summed E-state index contributed by atoms with van der Waals surface area (Å²) in [6.07, 6.45) is 0.568. The molecule has 1 atom stereocenters. The molecule has 1 aromatic rings. The van der Waals surface area contributed by atoms with Gasteiger partial charge in [-0.15, -0.1) is 0 Å². The third-order valence-corrected chi connectivity index (χ3v) is 4.06. The summed E-state index contributed by atoms with van der Waals surface area (Å²) in [6.45, 7) is 9.65. The Labute approximate surface area is 143 Å². The molecule has 24 heavy (non-hydrogen) atoms. The molecule has 0 bridgehead atoms. The quantitative estimate of drug-likeness (QED) is 0.919. The number of carbonyl (C=O) groups is 2. The molecular formula is C18H26N2O4. The third kappa shape index (κ3) is 4.40. The lowest BCUT2D eigenvalue weighted by molar-refractivity contribution is 0.0136. The minimum Gasteiger partial charge on any atom is -0.478 e. The number of carbonyl (C=O) groups excluding carboxylic acids is 1. The Morgan fingerprint density at radius 2 is 1.83 bits per heavy atom. The normalized spacial score (nSPS) is 18.4. The first-order chi connectivity index (χ1) is 11.2. The second kappa shape index (κ2) is 7.11. The van der Waals surface area contributed by atoms with E-state index in [0.717, 1.165) is 12.1 Å². The number of hydrogen-bond acceptors (Lipinski definition) is 4. The van der Waals surface area contributed by atoms with Gasteiger partial charge in [0.1, 0.15) is 5.60 Å². The van der Waals surface area contributed by atoms with E-state index in [-0.39, 0.29) is 17.7 Å². The molecule has 1 N–H and O–H groups in total. The van der Waals surface area contributed by atoms with Gasteiger partial charge in [-0.3, -0.25) is 0 Å². The number of anilines is 1. The highest BCUT2D eigenvalue weighted by atomic mass is 16.6. The van der Waals surface area contributed by atoms with Crippen molar-refractivity contribution in [2.45, 2.75) is 45.8 Å². The number of piperazine rings is 1. The highest BCUT2D eigenvalue weighted by molar-refractivity contribution is 5.88. The van der Waals surface area contributed by atoms with E-state index >= 15 is 0 Å². The molecule has 1 fully saturated rings. The maximum Gasteiger partial charge on any atom is 0.410 e. The van der Waals surface area contributed by atoms with Gasteiger partial charge in [-0.2, -0.15) is 0 Å². The van der Waals surface area contributed by atoms with Crippen LogP contribution in [0.2, 0.25) is 0 Å². The summed E-state index contributed by atoms with van der Waals surface area (Å²) in [5.74, 6) is -0.928. The van der Waals surface area contributed by atoms with Gasteiger partial charge in [-0.05, 0) is 51.5 Å². The van der Waals surface area contributed by atoms with Crippen molar-refractivity contribution in [2.24, 2.45) is 0 Å². The predicted molar refractivity (Wildman–Crippen MR) is 92.6 cm³/mol. The van der Waals surface area contributed by atoms with Gasteiger partial charge in [-0.1, -0.05) is 6.92 Å². The lowest BCUT2D eigenvalue weighted by Crippen LogP contribution is -2.56. The van der Waals surface area contributed by atoms with E-state index in [9.17, 15) is 9.59 Å². The Kier molecular flexibility index (Phi) is 5.36. The van der Waals surface area contributed by atoms with Gasteiger partial charge in [0.05, 0.1) is 11.6 Å². The van der Waals surface area contributed by atoms with E-state index < -0.39 is 11.6 Å². The molecule has 2 rings (SSSR count). The average molecular weight is 334 g/mol. The first kappa shape index (κ1) is 18.1. The minimum absolute atomic E-state index is 0.0766. The zero-order valence-corrected chi connectivity index (χ0v) is 14.8. The number of benzene rings is 1. The van der Waals surface area contributed by atoms with Crippen LogP contribution < -0.4 is 4.90 Å². The molecule has 1 heterocycles. The van der Waals surface area contributed by atoms with Gasteiger partial charge in [0.25, 0.3) is 0 Å². The van der Waals surface area contributed by atoms with Crippen molar-refractivity contribution >= 4 is 17.7 Å². The molecule has 0 unspecified atom stereocenters. The molecule has 0 aromatic heterocycles. The molecule has 1 saturated heterocycles. The number of hydrogen-bond donors (Lipinski definition) is 1. The number of aromatic carboxylic acids is 1.